The van der Waals surface area contributed by atoms with Gasteiger partial charge in [-0.2, -0.15) is 0 Å². The number of ether oxygens (including phenoxy) is 1. The Balaban J connectivity index is 2.05. The summed E-state index contributed by atoms with van der Waals surface area (Å²) in [5.74, 6) is -0.977. The van der Waals surface area contributed by atoms with Crippen molar-refractivity contribution in [2.75, 3.05) is 24.2 Å². The third-order valence-corrected chi connectivity index (χ3v) is 3.11. The van der Waals surface area contributed by atoms with E-state index in [4.69, 9.17) is 15.6 Å². The zero-order chi connectivity index (χ0) is 13.0. The standard InChI is InChI=1S/C13H18N2O3/c14-11-6-3-5-10(13(16)17)12(11)15-8-9-4-1-2-7-18-9/h3,5-6,9,15H,1-2,4,7-8,14H2,(H,16,17). The van der Waals surface area contributed by atoms with Crippen LogP contribution >= 0.6 is 0 Å². The van der Waals surface area contributed by atoms with E-state index in [-0.39, 0.29) is 11.7 Å². The molecule has 1 saturated heterocycles. The van der Waals surface area contributed by atoms with Gasteiger partial charge in [0, 0.05) is 13.2 Å². The number of aromatic carboxylic acids is 1. The molecule has 2 rings (SSSR count). The van der Waals surface area contributed by atoms with Crippen molar-refractivity contribution < 1.29 is 14.6 Å². The number of hydrogen-bond acceptors (Lipinski definition) is 4. The molecule has 0 amide bonds. The molecule has 0 aromatic heterocycles. The number of nitrogen functional groups attached to an aromatic ring is 1. The predicted molar refractivity (Wildman–Crippen MR) is 69.9 cm³/mol. The number of rotatable bonds is 4. The van der Waals surface area contributed by atoms with Gasteiger partial charge in [0.15, 0.2) is 0 Å². The van der Waals surface area contributed by atoms with E-state index in [1.54, 1.807) is 18.2 Å². The lowest BCUT2D eigenvalue weighted by molar-refractivity contribution is 0.0247. The number of benzene rings is 1. The normalized spacial score (nSPS) is 19.4. The lowest BCUT2D eigenvalue weighted by Crippen LogP contribution is -2.27. The van der Waals surface area contributed by atoms with Crippen LogP contribution in [0.5, 0.6) is 0 Å². The lowest BCUT2D eigenvalue weighted by atomic mass is 10.1. The van der Waals surface area contributed by atoms with Crippen LogP contribution in [0.15, 0.2) is 18.2 Å². The Labute approximate surface area is 106 Å². The van der Waals surface area contributed by atoms with Gasteiger partial charge in [-0.05, 0) is 31.4 Å². The summed E-state index contributed by atoms with van der Waals surface area (Å²) >= 11 is 0. The second kappa shape index (κ2) is 5.73. The first kappa shape index (κ1) is 12.7. The number of hydrogen-bond donors (Lipinski definition) is 3. The molecule has 1 aliphatic heterocycles. The molecule has 0 radical (unpaired) electrons. The molecule has 1 unspecified atom stereocenters. The van der Waals surface area contributed by atoms with Crippen LogP contribution in [0.25, 0.3) is 0 Å². The summed E-state index contributed by atoms with van der Waals surface area (Å²) in [7, 11) is 0. The first-order valence-electron chi connectivity index (χ1n) is 6.15. The maximum Gasteiger partial charge on any atom is 0.337 e. The monoisotopic (exact) mass is 250 g/mol. The van der Waals surface area contributed by atoms with Crippen molar-refractivity contribution in [2.24, 2.45) is 0 Å². The maximum absolute atomic E-state index is 11.1. The molecule has 0 aliphatic carbocycles. The highest BCUT2D eigenvalue weighted by Gasteiger charge is 2.16. The van der Waals surface area contributed by atoms with Gasteiger partial charge < -0.3 is 20.9 Å². The molecule has 5 heteroatoms. The zero-order valence-corrected chi connectivity index (χ0v) is 10.2. The Hall–Kier alpha value is -1.75. The van der Waals surface area contributed by atoms with E-state index >= 15 is 0 Å². The Morgan fingerprint density at radius 2 is 2.33 bits per heavy atom. The molecule has 1 fully saturated rings. The van der Waals surface area contributed by atoms with E-state index in [2.05, 4.69) is 5.32 Å². The third-order valence-electron chi connectivity index (χ3n) is 3.11. The van der Waals surface area contributed by atoms with Gasteiger partial charge in [0.25, 0.3) is 0 Å². The Morgan fingerprint density at radius 3 is 3.00 bits per heavy atom. The highest BCUT2D eigenvalue weighted by Crippen LogP contribution is 2.24. The van der Waals surface area contributed by atoms with Crippen LogP contribution in [0.2, 0.25) is 0 Å². The largest absolute Gasteiger partial charge is 0.478 e. The lowest BCUT2D eigenvalue weighted by Gasteiger charge is -2.24. The van der Waals surface area contributed by atoms with Gasteiger partial charge in [0.2, 0.25) is 0 Å². The van der Waals surface area contributed by atoms with E-state index in [9.17, 15) is 4.79 Å². The number of carboxylic acids is 1. The van der Waals surface area contributed by atoms with Crippen LogP contribution in [0.4, 0.5) is 11.4 Å². The average molecular weight is 250 g/mol. The van der Waals surface area contributed by atoms with E-state index in [1.807, 2.05) is 0 Å². The number of nitrogens with two attached hydrogens (primary N) is 1. The number of carbonyl (C=O) groups is 1. The van der Waals surface area contributed by atoms with Crippen molar-refractivity contribution in [2.45, 2.75) is 25.4 Å². The van der Waals surface area contributed by atoms with Crippen molar-refractivity contribution in [1.82, 2.24) is 0 Å². The first-order valence-corrected chi connectivity index (χ1v) is 6.15. The fourth-order valence-corrected chi connectivity index (χ4v) is 2.13. The molecule has 1 aromatic rings. The highest BCUT2D eigenvalue weighted by atomic mass is 16.5. The minimum atomic E-state index is -0.977. The first-order chi connectivity index (χ1) is 8.68. The summed E-state index contributed by atoms with van der Waals surface area (Å²) in [6.45, 7) is 1.37. The van der Waals surface area contributed by atoms with Crippen LogP contribution < -0.4 is 11.1 Å². The van der Waals surface area contributed by atoms with Crippen LogP contribution in [0.3, 0.4) is 0 Å². The molecule has 1 heterocycles. The molecule has 1 aromatic carbocycles. The van der Waals surface area contributed by atoms with Gasteiger partial charge in [-0.15, -0.1) is 0 Å². The van der Waals surface area contributed by atoms with E-state index in [1.165, 1.54) is 0 Å². The summed E-state index contributed by atoms with van der Waals surface area (Å²) in [4.78, 5) is 11.1. The molecule has 18 heavy (non-hydrogen) atoms. The van der Waals surface area contributed by atoms with Gasteiger partial charge in [0.1, 0.15) is 0 Å². The summed E-state index contributed by atoms with van der Waals surface area (Å²) in [6, 6.07) is 4.88. The van der Waals surface area contributed by atoms with E-state index in [0.717, 1.165) is 25.9 Å². The Kier molecular flexibility index (Phi) is 4.04. The Morgan fingerprint density at radius 1 is 1.50 bits per heavy atom. The molecule has 1 atom stereocenters. The summed E-state index contributed by atoms with van der Waals surface area (Å²) in [5, 5.41) is 12.2. The molecule has 0 bridgehead atoms. The summed E-state index contributed by atoms with van der Waals surface area (Å²) in [6.07, 6.45) is 3.40. The predicted octanol–water partition coefficient (Wildman–Crippen LogP) is 1.95. The van der Waals surface area contributed by atoms with Gasteiger partial charge in [-0.25, -0.2) is 4.79 Å². The minimum Gasteiger partial charge on any atom is -0.478 e. The number of para-hydroxylation sites is 1. The molecule has 5 nitrogen and oxygen atoms in total. The molecule has 4 N–H and O–H groups in total. The van der Waals surface area contributed by atoms with Crippen LogP contribution in [-0.4, -0.2) is 30.3 Å². The topological polar surface area (TPSA) is 84.6 Å². The maximum atomic E-state index is 11.1. The SMILES string of the molecule is Nc1cccc(C(=O)O)c1NCC1CCCCO1. The zero-order valence-electron chi connectivity index (χ0n) is 10.2. The van der Waals surface area contributed by atoms with Crippen molar-refractivity contribution in [3.63, 3.8) is 0 Å². The molecule has 0 spiro atoms. The quantitative estimate of drug-likeness (QED) is 0.711. The van der Waals surface area contributed by atoms with E-state index < -0.39 is 5.97 Å². The van der Waals surface area contributed by atoms with Crippen molar-refractivity contribution in [3.8, 4) is 0 Å². The average Bonchev–Trinajstić information content (AvgIpc) is 2.38. The Bertz CT molecular complexity index is 428. The molecule has 98 valence electrons. The smallest absolute Gasteiger partial charge is 0.337 e. The minimum absolute atomic E-state index is 0.139. The molecular weight excluding hydrogens is 232 g/mol. The van der Waals surface area contributed by atoms with Crippen molar-refractivity contribution in [3.05, 3.63) is 23.8 Å². The fraction of sp³-hybridized carbons (Fsp3) is 0.462. The second-order valence-electron chi connectivity index (χ2n) is 4.44. The van der Waals surface area contributed by atoms with Crippen LogP contribution in [0, 0.1) is 0 Å². The van der Waals surface area contributed by atoms with Gasteiger partial charge in [-0.1, -0.05) is 6.07 Å². The summed E-state index contributed by atoms with van der Waals surface area (Å²) in [5.41, 5.74) is 6.94. The second-order valence-corrected chi connectivity index (χ2v) is 4.44. The van der Waals surface area contributed by atoms with Crippen LogP contribution in [0.1, 0.15) is 29.6 Å². The summed E-state index contributed by atoms with van der Waals surface area (Å²) < 4.78 is 5.59. The number of carboxylic acid groups (broad SMARTS) is 1. The van der Waals surface area contributed by atoms with Gasteiger partial charge in [0.05, 0.1) is 23.0 Å². The van der Waals surface area contributed by atoms with E-state index in [0.29, 0.717) is 17.9 Å². The molecular formula is C13H18N2O3. The van der Waals surface area contributed by atoms with Crippen molar-refractivity contribution in [1.29, 1.82) is 0 Å². The fourth-order valence-electron chi connectivity index (χ4n) is 2.13. The van der Waals surface area contributed by atoms with Crippen molar-refractivity contribution >= 4 is 17.3 Å². The molecule has 0 saturated carbocycles. The van der Waals surface area contributed by atoms with Gasteiger partial charge >= 0.3 is 5.97 Å². The third kappa shape index (κ3) is 2.92. The number of nitrogens with one attached hydrogen (secondary N) is 1. The van der Waals surface area contributed by atoms with Gasteiger partial charge in [-0.3, -0.25) is 0 Å². The number of anilines is 2. The van der Waals surface area contributed by atoms with Crippen LogP contribution in [-0.2, 0) is 4.74 Å². The highest BCUT2D eigenvalue weighted by molar-refractivity contribution is 5.97. The molecule has 1 aliphatic rings.